The first kappa shape index (κ1) is 14.1. The molecule has 2 N–H and O–H groups in total. The molecular formula is C14H18ClN3O. The summed E-state index contributed by atoms with van der Waals surface area (Å²) in [6.07, 6.45) is 2.31. The van der Waals surface area contributed by atoms with Gasteiger partial charge < -0.3 is 15.3 Å². The van der Waals surface area contributed by atoms with Crippen LogP contribution in [0.1, 0.15) is 18.4 Å². The molecule has 1 saturated heterocycles. The molecule has 1 aliphatic rings. The molecule has 1 aromatic rings. The van der Waals surface area contributed by atoms with E-state index in [4.69, 9.17) is 11.6 Å². The van der Waals surface area contributed by atoms with Crippen LogP contribution in [0, 0.1) is 11.3 Å². The monoisotopic (exact) mass is 279 g/mol. The molecule has 0 spiro atoms. The normalized spacial score (nSPS) is 18.3. The van der Waals surface area contributed by atoms with E-state index in [1.54, 1.807) is 6.07 Å². The fourth-order valence-electron chi connectivity index (χ4n) is 2.50. The number of halogens is 1. The number of nitrogens with zero attached hydrogens (tertiary/aromatic N) is 2. The number of nitriles is 1. The van der Waals surface area contributed by atoms with Crippen LogP contribution >= 0.6 is 11.6 Å². The second-order valence-electron chi connectivity index (χ2n) is 4.71. The van der Waals surface area contributed by atoms with Gasteiger partial charge in [-0.3, -0.25) is 0 Å². The summed E-state index contributed by atoms with van der Waals surface area (Å²) in [4.78, 5) is 2.04. The van der Waals surface area contributed by atoms with E-state index < -0.39 is 0 Å². The number of anilines is 1. The summed E-state index contributed by atoms with van der Waals surface area (Å²) in [5.41, 5.74) is 1.29. The Bertz CT molecular complexity index is 466. The second kappa shape index (κ2) is 6.76. The molecule has 1 fully saturated rings. The van der Waals surface area contributed by atoms with E-state index in [9.17, 15) is 10.4 Å². The van der Waals surface area contributed by atoms with Gasteiger partial charge in [-0.1, -0.05) is 17.7 Å². The molecular weight excluding hydrogens is 262 g/mol. The highest BCUT2D eigenvalue weighted by Crippen LogP contribution is 2.27. The molecule has 0 aromatic heterocycles. The Morgan fingerprint density at radius 2 is 2.37 bits per heavy atom. The molecule has 2 rings (SSSR count). The zero-order valence-electron chi connectivity index (χ0n) is 10.8. The van der Waals surface area contributed by atoms with Gasteiger partial charge in [-0.25, -0.2) is 0 Å². The molecule has 1 heterocycles. The minimum atomic E-state index is 0.0596. The Hall–Kier alpha value is -1.28. The fourth-order valence-corrected chi connectivity index (χ4v) is 2.71. The molecule has 0 aliphatic carbocycles. The van der Waals surface area contributed by atoms with E-state index in [2.05, 4.69) is 11.4 Å². The second-order valence-corrected chi connectivity index (χ2v) is 5.12. The summed E-state index contributed by atoms with van der Waals surface area (Å²) in [7, 11) is 0. The Balaban J connectivity index is 2.22. The Morgan fingerprint density at radius 1 is 1.53 bits per heavy atom. The molecule has 0 saturated carbocycles. The van der Waals surface area contributed by atoms with Gasteiger partial charge in [0.25, 0.3) is 0 Å². The van der Waals surface area contributed by atoms with Crippen molar-refractivity contribution >= 4 is 17.3 Å². The first-order valence-electron chi connectivity index (χ1n) is 6.54. The van der Waals surface area contributed by atoms with Gasteiger partial charge in [0, 0.05) is 19.1 Å². The maximum absolute atomic E-state index is 9.24. The maximum Gasteiger partial charge on any atom is 0.103 e. The van der Waals surface area contributed by atoms with E-state index >= 15 is 0 Å². The van der Waals surface area contributed by atoms with E-state index in [-0.39, 0.29) is 6.61 Å². The molecule has 0 amide bonds. The summed E-state index contributed by atoms with van der Waals surface area (Å²) in [6.45, 7) is 2.39. The predicted octanol–water partition coefficient (Wildman–Crippen LogP) is 1.76. The zero-order chi connectivity index (χ0) is 13.7. The summed E-state index contributed by atoms with van der Waals surface area (Å²) in [5.74, 6) is 0. The lowest BCUT2D eigenvalue weighted by molar-refractivity contribution is 0.300. The van der Waals surface area contributed by atoms with E-state index in [1.807, 2.05) is 17.0 Å². The van der Waals surface area contributed by atoms with Crippen molar-refractivity contribution < 1.29 is 5.11 Å². The van der Waals surface area contributed by atoms with Crippen LogP contribution in [-0.2, 0) is 0 Å². The number of benzene rings is 1. The van der Waals surface area contributed by atoms with E-state index in [0.29, 0.717) is 23.2 Å². The lowest BCUT2D eigenvalue weighted by Crippen LogP contribution is -2.39. The van der Waals surface area contributed by atoms with Gasteiger partial charge in [0.1, 0.15) is 6.07 Å². The number of hydrogen-bond acceptors (Lipinski definition) is 4. The molecule has 0 radical (unpaired) electrons. The molecule has 19 heavy (non-hydrogen) atoms. The van der Waals surface area contributed by atoms with Gasteiger partial charge in [-0.2, -0.15) is 5.26 Å². The molecule has 1 unspecified atom stereocenters. The average molecular weight is 280 g/mol. The van der Waals surface area contributed by atoms with Crippen LogP contribution in [0.25, 0.3) is 0 Å². The lowest BCUT2D eigenvalue weighted by Gasteiger charge is -2.28. The predicted molar refractivity (Wildman–Crippen MR) is 76.5 cm³/mol. The molecule has 5 heteroatoms. The highest BCUT2D eigenvalue weighted by atomic mass is 35.5. The smallest absolute Gasteiger partial charge is 0.103 e. The van der Waals surface area contributed by atoms with Crippen molar-refractivity contribution in [2.75, 3.05) is 31.1 Å². The van der Waals surface area contributed by atoms with Gasteiger partial charge in [0.05, 0.1) is 22.9 Å². The first-order valence-corrected chi connectivity index (χ1v) is 6.92. The third-order valence-electron chi connectivity index (χ3n) is 3.42. The van der Waals surface area contributed by atoms with Crippen molar-refractivity contribution in [1.82, 2.24) is 5.32 Å². The summed E-state index contributed by atoms with van der Waals surface area (Å²) in [5, 5.41) is 22.4. The van der Waals surface area contributed by atoms with Gasteiger partial charge >= 0.3 is 0 Å². The average Bonchev–Trinajstić information content (AvgIpc) is 2.91. The maximum atomic E-state index is 9.24. The van der Waals surface area contributed by atoms with Crippen LogP contribution in [0.5, 0.6) is 0 Å². The standard InChI is InChI=1S/C14H18ClN3O/c15-13-4-1-5-14(12(13)9-16)18(7-8-19)10-11-3-2-6-17-11/h1,4-5,11,17,19H,2-3,6-8,10H2. The summed E-state index contributed by atoms with van der Waals surface area (Å²) >= 11 is 6.06. The van der Waals surface area contributed by atoms with Crippen LogP contribution in [0.15, 0.2) is 18.2 Å². The van der Waals surface area contributed by atoms with Crippen LogP contribution in [0.4, 0.5) is 5.69 Å². The third-order valence-corrected chi connectivity index (χ3v) is 3.73. The lowest BCUT2D eigenvalue weighted by atomic mass is 10.1. The minimum Gasteiger partial charge on any atom is -0.395 e. The topological polar surface area (TPSA) is 59.3 Å². The highest BCUT2D eigenvalue weighted by molar-refractivity contribution is 6.32. The minimum absolute atomic E-state index is 0.0596. The van der Waals surface area contributed by atoms with Gasteiger partial charge in [0.15, 0.2) is 0 Å². The van der Waals surface area contributed by atoms with Crippen LogP contribution in [0.2, 0.25) is 5.02 Å². The van der Waals surface area contributed by atoms with Crippen molar-refractivity contribution in [1.29, 1.82) is 5.26 Å². The molecule has 102 valence electrons. The Kier molecular flexibility index (Phi) is 5.03. The van der Waals surface area contributed by atoms with Crippen LogP contribution in [-0.4, -0.2) is 37.4 Å². The number of hydrogen-bond donors (Lipinski definition) is 2. The summed E-state index contributed by atoms with van der Waals surface area (Å²) in [6, 6.07) is 8.00. The van der Waals surface area contributed by atoms with Gasteiger partial charge in [-0.15, -0.1) is 0 Å². The van der Waals surface area contributed by atoms with Crippen molar-refractivity contribution in [2.24, 2.45) is 0 Å². The number of nitrogens with one attached hydrogen (secondary N) is 1. The summed E-state index contributed by atoms with van der Waals surface area (Å²) < 4.78 is 0. The van der Waals surface area contributed by atoms with E-state index in [0.717, 1.165) is 25.2 Å². The van der Waals surface area contributed by atoms with Crippen molar-refractivity contribution in [3.63, 3.8) is 0 Å². The molecule has 4 nitrogen and oxygen atoms in total. The van der Waals surface area contributed by atoms with Gasteiger partial charge in [-0.05, 0) is 31.5 Å². The van der Waals surface area contributed by atoms with Crippen LogP contribution in [0.3, 0.4) is 0 Å². The highest BCUT2D eigenvalue weighted by Gasteiger charge is 2.20. The zero-order valence-corrected chi connectivity index (χ0v) is 11.5. The number of aliphatic hydroxyl groups excluding tert-OH is 1. The first-order chi connectivity index (χ1) is 9.26. The van der Waals surface area contributed by atoms with Crippen molar-refractivity contribution in [3.8, 4) is 6.07 Å². The SMILES string of the molecule is N#Cc1c(Cl)cccc1N(CCO)CC1CCCN1. The van der Waals surface area contributed by atoms with E-state index in [1.165, 1.54) is 6.42 Å². The largest absolute Gasteiger partial charge is 0.395 e. The van der Waals surface area contributed by atoms with Gasteiger partial charge in [0.2, 0.25) is 0 Å². The third kappa shape index (κ3) is 3.38. The Labute approximate surface area is 118 Å². The fraction of sp³-hybridized carbons (Fsp3) is 0.500. The van der Waals surface area contributed by atoms with Crippen LogP contribution < -0.4 is 10.2 Å². The van der Waals surface area contributed by atoms with Crippen molar-refractivity contribution in [2.45, 2.75) is 18.9 Å². The molecule has 1 atom stereocenters. The van der Waals surface area contributed by atoms with Crippen molar-refractivity contribution in [3.05, 3.63) is 28.8 Å². The Morgan fingerprint density at radius 3 is 3.00 bits per heavy atom. The molecule has 1 aromatic carbocycles. The number of rotatable bonds is 5. The molecule has 0 bridgehead atoms. The molecule has 1 aliphatic heterocycles. The number of aliphatic hydroxyl groups is 1. The quantitative estimate of drug-likeness (QED) is 0.862.